The first-order chi connectivity index (χ1) is 15.4. The summed E-state index contributed by atoms with van der Waals surface area (Å²) in [5.41, 5.74) is 0.364. The second-order valence-corrected chi connectivity index (χ2v) is 9.02. The molecule has 8 heteroatoms. The molecule has 0 aliphatic carbocycles. The molecule has 1 aromatic heterocycles. The van der Waals surface area contributed by atoms with Crippen LogP contribution in [0.1, 0.15) is 70.5 Å². The van der Waals surface area contributed by atoms with Gasteiger partial charge in [-0.3, -0.25) is 9.69 Å². The van der Waals surface area contributed by atoms with Crippen LogP contribution in [-0.2, 0) is 0 Å². The molecule has 176 valence electrons. The van der Waals surface area contributed by atoms with E-state index in [1.54, 1.807) is 6.20 Å². The van der Waals surface area contributed by atoms with Crippen molar-refractivity contribution in [2.45, 2.75) is 65.0 Å². The maximum atomic E-state index is 14.2. The lowest BCUT2D eigenvalue weighted by Gasteiger charge is -2.36. The summed E-state index contributed by atoms with van der Waals surface area (Å²) in [6, 6.07) is 3.47. The smallest absolute Gasteiger partial charge is 0.287 e. The van der Waals surface area contributed by atoms with E-state index in [1.807, 2.05) is 11.8 Å². The topological polar surface area (TPSA) is 50.2 Å². The first kappa shape index (κ1) is 24.6. The maximum absolute atomic E-state index is 14.2. The largest absolute Gasteiger partial charge is 0.382 e. The minimum Gasteiger partial charge on any atom is -0.382 e. The number of nitrogens with zero attached hydrogens (tertiary/aromatic N) is 3. The van der Waals surface area contributed by atoms with E-state index in [4.69, 9.17) is 11.6 Å². The molecule has 1 fully saturated rings. The van der Waals surface area contributed by atoms with Gasteiger partial charge in [0.05, 0.1) is 17.9 Å². The molecular weight excluding hydrogens is 434 g/mol. The molecule has 0 amide bonds. The second kappa shape index (κ2) is 11.2. The molecule has 1 aromatic carbocycles. The molecule has 0 bridgehead atoms. The van der Waals surface area contributed by atoms with Gasteiger partial charge in [-0.15, -0.1) is 0 Å². The van der Waals surface area contributed by atoms with Gasteiger partial charge < -0.3 is 5.32 Å². The van der Waals surface area contributed by atoms with Crippen LogP contribution in [0, 0.1) is 17.6 Å². The van der Waals surface area contributed by atoms with Gasteiger partial charge in [-0.05, 0) is 44.2 Å². The molecule has 1 saturated heterocycles. The van der Waals surface area contributed by atoms with Crippen LogP contribution >= 0.6 is 11.6 Å². The van der Waals surface area contributed by atoms with Gasteiger partial charge in [0, 0.05) is 31.2 Å². The molecule has 3 rings (SSSR count). The third-order valence-electron chi connectivity index (χ3n) is 6.61. The van der Waals surface area contributed by atoms with Crippen molar-refractivity contribution in [3.63, 3.8) is 0 Å². The summed E-state index contributed by atoms with van der Waals surface area (Å²) < 4.78 is 29.8. The Labute approximate surface area is 193 Å². The maximum Gasteiger partial charge on any atom is 0.287 e. The van der Waals surface area contributed by atoms with Crippen molar-refractivity contribution in [3.05, 3.63) is 57.0 Å². The lowest BCUT2D eigenvalue weighted by molar-refractivity contribution is 0.133. The number of piperidine rings is 1. The Balaban J connectivity index is 1.65. The lowest BCUT2D eigenvalue weighted by atomic mass is 9.99. The highest BCUT2D eigenvalue weighted by Crippen LogP contribution is 2.31. The van der Waals surface area contributed by atoms with Crippen LogP contribution in [-0.4, -0.2) is 34.3 Å². The zero-order chi connectivity index (χ0) is 23.3. The van der Waals surface area contributed by atoms with Gasteiger partial charge in [0.25, 0.3) is 5.56 Å². The molecule has 2 atom stereocenters. The van der Waals surface area contributed by atoms with Crippen molar-refractivity contribution in [2.24, 2.45) is 5.92 Å². The van der Waals surface area contributed by atoms with Crippen molar-refractivity contribution < 1.29 is 8.78 Å². The number of halogens is 3. The van der Waals surface area contributed by atoms with Crippen molar-refractivity contribution in [1.29, 1.82) is 0 Å². The summed E-state index contributed by atoms with van der Waals surface area (Å²) in [5, 5.41) is 7.83. The SMILES string of the molecule is CCC[C@H](CC)CNc1cnn(C2CCN([C@@H](C)c3c(F)cccc3F)CC2)c(=O)c1Cl. The molecule has 5 nitrogen and oxygen atoms in total. The van der Waals surface area contributed by atoms with Gasteiger partial charge in [-0.2, -0.15) is 5.10 Å². The number of benzene rings is 1. The van der Waals surface area contributed by atoms with E-state index < -0.39 is 11.6 Å². The lowest BCUT2D eigenvalue weighted by Crippen LogP contribution is -2.40. The number of nitrogens with one attached hydrogen (secondary N) is 1. The van der Waals surface area contributed by atoms with E-state index in [9.17, 15) is 13.6 Å². The highest BCUT2D eigenvalue weighted by atomic mass is 35.5. The molecular formula is C24H33ClF2N4O. The normalized spacial score (nSPS) is 17.3. The predicted octanol–water partition coefficient (Wildman–Crippen LogP) is 5.81. The third-order valence-corrected chi connectivity index (χ3v) is 6.97. The molecule has 0 spiro atoms. The molecule has 2 aromatic rings. The summed E-state index contributed by atoms with van der Waals surface area (Å²) in [6.45, 7) is 8.12. The molecule has 1 N–H and O–H groups in total. The Hall–Kier alpha value is -1.99. The van der Waals surface area contributed by atoms with E-state index >= 15 is 0 Å². The molecule has 0 saturated carbocycles. The highest BCUT2D eigenvalue weighted by molar-refractivity contribution is 6.32. The fraction of sp³-hybridized carbons (Fsp3) is 0.583. The van der Waals surface area contributed by atoms with Gasteiger partial charge in [0.2, 0.25) is 0 Å². The average molecular weight is 467 g/mol. The number of hydrogen-bond donors (Lipinski definition) is 1. The Morgan fingerprint density at radius 1 is 1.22 bits per heavy atom. The summed E-state index contributed by atoms with van der Waals surface area (Å²) in [5.74, 6) is -0.530. The summed E-state index contributed by atoms with van der Waals surface area (Å²) in [7, 11) is 0. The Morgan fingerprint density at radius 2 is 1.88 bits per heavy atom. The van der Waals surface area contributed by atoms with Gasteiger partial charge in [-0.25, -0.2) is 13.5 Å². The predicted molar refractivity (Wildman–Crippen MR) is 125 cm³/mol. The van der Waals surface area contributed by atoms with E-state index in [1.165, 1.54) is 22.9 Å². The number of anilines is 1. The number of hydrogen-bond acceptors (Lipinski definition) is 4. The van der Waals surface area contributed by atoms with E-state index in [-0.39, 0.29) is 28.2 Å². The van der Waals surface area contributed by atoms with E-state index in [2.05, 4.69) is 24.3 Å². The molecule has 0 unspecified atom stereocenters. The number of aromatic nitrogens is 2. The molecule has 32 heavy (non-hydrogen) atoms. The van der Waals surface area contributed by atoms with Crippen LogP contribution in [0.4, 0.5) is 14.5 Å². The Bertz CT molecular complexity index is 939. The quantitative estimate of drug-likeness (QED) is 0.506. The van der Waals surface area contributed by atoms with Crippen LogP contribution < -0.4 is 10.9 Å². The highest BCUT2D eigenvalue weighted by Gasteiger charge is 2.29. The Morgan fingerprint density at radius 3 is 2.47 bits per heavy atom. The monoisotopic (exact) mass is 466 g/mol. The van der Waals surface area contributed by atoms with Crippen LogP contribution in [0.15, 0.2) is 29.2 Å². The summed E-state index contributed by atoms with van der Waals surface area (Å²) in [4.78, 5) is 14.9. The van der Waals surface area contributed by atoms with Crippen LogP contribution in [0.2, 0.25) is 5.02 Å². The molecule has 2 heterocycles. The minimum atomic E-state index is -0.531. The van der Waals surface area contributed by atoms with Crippen LogP contribution in [0.5, 0.6) is 0 Å². The van der Waals surface area contributed by atoms with Crippen LogP contribution in [0.3, 0.4) is 0 Å². The van der Waals surface area contributed by atoms with Crippen molar-refractivity contribution in [1.82, 2.24) is 14.7 Å². The van der Waals surface area contributed by atoms with E-state index in [0.29, 0.717) is 37.5 Å². The van der Waals surface area contributed by atoms with Gasteiger partial charge in [0.1, 0.15) is 16.7 Å². The first-order valence-corrected chi connectivity index (χ1v) is 11.9. The average Bonchev–Trinajstić information content (AvgIpc) is 2.79. The number of likely N-dealkylation sites (tertiary alicyclic amines) is 1. The van der Waals surface area contributed by atoms with Crippen molar-refractivity contribution in [3.8, 4) is 0 Å². The van der Waals surface area contributed by atoms with Gasteiger partial charge >= 0.3 is 0 Å². The number of rotatable bonds is 9. The zero-order valence-electron chi connectivity index (χ0n) is 19.1. The second-order valence-electron chi connectivity index (χ2n) is 8.64. The van der Waals surface area contributed by atoms with Gasteiger partial charge in [0.15, 0.2) is 0 Å². The molecule has 1 aliphatic heterocycles. The Kier molecular flexibility index (Phi) is 8.65. The van der Waals surface area contributed by atoms with E-state index in [0.717, 1.165) is 25.8 Å². The fourth-order valence-corrected chi connectivity index (χ4v) is 4.75. The standard InChI is InChI=1S/C24H33ClF2N4O/c1-4-7-17(5-2)14-28-21-15-29-31(24(32)23(21)25)18-10-12-30(13-11-18)16(3)22-19(26)8-6-9-20(22)27/h6,8-9,15-18,28H,4-5,7,10-14H2,1-3H3/t16-,17-/m0/s1. The third kappa shape index (κ3) is 5.49. The molecule has 0 radical (unpaired) electrons. The summed E-state index contributed by atoms with van der Waals surface area (Å²) >= 11 is 6.39. The molecule has 1 aliphatic rings. The van der Waals surface area contributed by atoms with Crippen molar-refractivity contribution >= 4 is 17.3 Å². The van der Waals surface area contributed by atoms with Gasteiger partial charge in [-0.1, -0.05) is 44.4 Å². The summed E-state index contributed by atoms with van der Waals surface area (Å²) in [6.07, 6.45) is 6.26. The first-order valence-electron chi connectivity index (χ1n) is 11.6. The fourth-order valence-electron chi connectivity index (χ4n) is 4.55. The zero-order valence-corrected chi connectivity index (χ0v) is 19.8. The van der Waals surface area contributed by atoms with Crippen LogP contribution in [0.25, 0.3) is 0 Å². The minimum absolute atomic E-state index is 0.0909. The van der Waals surface area contributed by atoms with Crippen molar-refractivity contribution in [2.75, 3.05) is 25.0 Å².